The fourth-order valence-corrected chi connectivity index (χ4v) is 4.41. The van der Waals surface area contributed by atoms with Gasteiger partial charge < -0.3 is 19.7 Å². The van der Waals surface area contributed by atoms with Gasteiger partial charge in [-0.3, -0.25) is 19.3 Å². The van der Waals surface area contributed by atoms with E-state index >= 15 is 0 Å². The third kappa shape index (κ3) is 3.38. The molecule has 0 saturated carbocycles. The summed E-state index contributed by atoms with van der Waals surface area (Å²) in [5, 5.41) is 2.79. The fourth-order valence-electron chi connectivity index (χ4n) is 4.41. The van der Waals surface area contributed by atoms with Gasteiger partial charge in [-0.2, -0.15) is 0 Å². The van der Waals surface area contributed by atoms with Crippen molar-refractivity contribution in [3.8, 4) is 5.75 Å². The largest absolute Gasteiger partial charge is 0.493 e. The van der Waals surface area contributed by atoms with Crippen LogP contribution in [-0.2, 0) is 24.7 Å². The third-order valence-corrected chi connectivity index (χ3v) is 5.94. The van der Waals surface area contributed by atoms with Gasteiger partial charge in [0.2, 0.25) is 5.91 Å². The molecule has 2 saturated heterocycles. The molecule has 0 aromatic heterocycles. The first-order valence-corrected chi connectivity index (χ1v) is 10.3. The van der Waals surface area contributed by atoms with E-state index in [-0.39, 0.29) is 37.5 Å². The van der Waals surface area contributed by atoms with E-state index in [2.05, 4.69) is 5.32 Å². The van der Waals surface area contributed by atoms with Crippen LogP contribution >= 0.6 is 0 Å². The van der Waals surface area contributed by atoms with Crippen molar-refractivity contribution < 1.29 is 28.7 Å². The first-order valence-electron chi connectivity index (χ1n) is 10.3. The van der Waals surface area contributed by atoms with Crippen LogP contribution in [0, 0.1) is 5.92 Å². The number of likely N-dealkylation sites (tertiary alicyclic amines) is 1. The molecule has 1 aromatic carbocycles. The molecule has 3 heterocycles. The zero-order chi connectivity index (χ0) is 21.3. The summed E-state index contributed by atoms with van der Waals surface area (Å²) in [4.78, 5) is 53.3. The van der Waals surface area contributed by atoms with Gasteiger partial charge in [0.25, 0.3) is 5.91 Å². The van der Waals surface area contributed by atoms with Crippen LogP contribution in [0.4, 0.5) is 4.79 Å². The molecule has 1 spiro atoms. The van der Waals surface area contributed by atoms with E-state index < -0.39 is 17.5 Å². The molecule has 1 N–H and O–H groups in total. The van der Waals surface area contributed by atoms with Gasteiger partial charge in [0.05, 0.1) is 19.1 Å². The smallest absolute Gasteiger partial charge is 0.325 e. The summed E-state index contributed by atoms with van der Waals surface area (Å²) in [6.07, 6.45) is 1.63. The van der Waals surface area contributed by atoms with Gasteiger partial charge in [-0.15, -0.1) is 0 Å². The molecule has 0 bridgehead atoms. The molecule has 160 valence electrons. The lowest BCUT2D eigenvalue weighted by molar-refractivity contribution is -0.152. The minimum atomic E-state index is -1.21. The van der Waals surface area contributed by atoms with Crippen molar-refractivity contribution in [1.82, 2.24) is 15.1 Å². The SMILES string of the molecule is CCOC(=O)[C@@H]1CCCN(C(=O)CN2C(=O)N[C@]3(CCOc4ccccc43)C2=O)C1. The van der Waals surface area contributed by atoms with E-state index in [9.17, 15) is 19.2 Å². The van der Waals surface area contributed by atoms with E-state index in [1.54, 1.807) is 31.2 Å². The maximum absolute atomic E-state index is 13.3. The third-order valence-electron chi connectivity index (χ3n) is 5.94. The number of nitrogens with one attached hydrogen (secondary N) is 1. The van der Waals surface area contributed by atoms with Crippen molar-refractivity contribution >= 4 is 23.8 Å². The number of ether oxygens (including phenoxy) is 2. The van der Waals surface area contributed by atoms with Crippen molar-refractivity contribution in [1.29, 1.82) is 0 Å². The molecule has 0 aliphatic carbocycles. The summed E-state index contributed by atoms with van der Waals surface area (Å²) in [6, 6.07) is 6.51. The molecule has 3 aliphatic rings. The Morgan fingerprint density at radius 1 is 1.30 bits per heavy atom. The molecule has 4 amide bonds. The quantitative estimate of drug-likeness (QED) is 0.581. The van der Waals surface area contributed by atoms with Crippen molar-refractivity contribution in [3.05, 3.63) is 29.8 Å². The number of hydrogen-bond donors (Lipinski definition) is 1. The van der Waals surface area contributed by atoms with Crippen LogP contribution in [0.15, 0.2) is 24.3 Å². The molecule has 2 fully saturated rings. The number of fused-ring (bicyclic) bond motifs is 2. The lowest BCUT2D eigenvalue weighted by Crippen LogP contribution is -2.49. The first-order chi connectivity index (χ1) is 14.5. The number of nitrogens with zero attached hydrogens (tertiary/aromatic N) is 2. The molecule has 3 aliphatic heterocycles. The molecular formula is C21H25N3O6. The molecule has 0 radical (unpaired) electrons. The Morgan fingerprint density at radius 3 is 2.90 bits per heavy atom. The van der Waals surface area contributed by atoms with Crippen LogP contribution in [-0.4, -0.2) is 66.5 Å². The highest BCUT2D eigenvalue weighted by Crippen LogP contribution is 2.40. The van der Waals surface area contributed by atoms with E-state index in [0.29, 0.717) is 43.7 Å². The average Bonchev–Trinajstić information content (AvgIpc) is 2.99. The number of carbonyl (C=O) groups excluding carboxylic acids is 4. The highest BCUT2D eigenvalue weighted by Gasteiger charge is 2.55. The number of piperidine rings is 1. The number of rotatable bonds is 4. The summed E-state index contributed by atoms with van der Waals surface area (Å²) in [5.41, 5.74) is -0.605. The zero-order valence-corrected chi connectivity index (χ0v) is 16.9. The Kier molecular flexibility index (Phi) is 5.36. The Bertz CT molecular complexity index is 887. The average molecular weight is 415 g/mol. The number of urea groups is 1. The Morgan fingerprint density at radius 2 is 2.10 bits per heavy atom. The standard InChI is InChI=1S/C21H25N3O6/c1-2-29-18(26)14-6-5-10-23(12-14)17(25)13-24-19(27)21(22-20(24)28)9-11-30-16-8-4-3-7-15(16)21/h3-4,7-8,14H,2,5-6,9-13H2,1H3,(H,22,28)/t14-,21+/m1/s1. The van der Waals surface area contributed by atoms with Crippen LogP contribution in [0.5, 0.6) is 5.75 Å². The zero-order valence-electron chi connectivity index (χ0n) is 16.9. The minimum Gasteiger partial charge on any atom is -0.493 e. The molecular weight excluding hydrogens is 390 g/mol. The number of esters is 1. The molecule has 2 atom stereocenters. The van der Waals surface area contributed by atoms with Crippen molar-refractivity contribution in [3.63, 3.8) is 0 Å². The van der Waals surface area contributed by atoms with Crippen molar-refractivity contribution in [2.75, 3.05) is 32.8 Å². The summed E-state index contributed by atoms with van der Waals surface area (Å²) in [7, 11) is 0. The predicted molar refractivity (Wildman–Crippen MR) is 104 cm³/mol. The van der Waals surface area contributed by atoms with Crippen LogP contribution in [0.1, 0.15) is 31.7 Å². The Labute approximate surface area is 174 Å². The maximum Gasteiger partial charge on any atom is 0.325 e. The number of amides is 4. The number of carbonyl (C=O) groups is 4. The Hall–Kier alpha value is -3.10. The second kappa shape index (κ2) is 7.97. The highest BCUT2D eigenvalue weighted by atomic mass is 16.5. The predicted octanol–water partition coefficient (Wildman–Crippen LogP) is 1.02. The fraction of sp³-hybridized carbons (Fsp3) is 0.524. The molecule has 30 heavy (non-hydrogen) atoms. The van der Waals surface area contributed by atoms with Gasteiger partial charge in [0.15, 0.2) is 5.54 Å². The van der Waals surface area contributed by atoms with Crippen LogP contribution in [0.2, 0.25) is 0 Å². The summed E-state index contributed by atoms with van der Waals surface area (Å²) in [5.74, 6) is -0.943. The van der Waals surface area contributed by atoms with E-state index in [1.165, 1.54) is 4.90 Å². The van der Waals surface area contributed by atoms with E-state index in [1.807, 2.05) is 0 Å². The molecule has 9 nitrogen and oxygen atoms in total. The second-order valence-corrected chi connectivity index (χ2v) is 7.75. The van der Waals surface area contributed by atoms with Gasteiger partial charge in [-0.05, 0) is 25.8 Å². The van der Waals surface area contributed by atoms with Crippen LogP contribution < -0.4 is 10.1 Å². The normalized spacial score (nSPS) is 25.6. The van der Waals surface area contributed by atoms with E-state index in [4.69, 9.17) is 9.47 Å². The number of para-hydroxylation sites is 1. The van der Waals surface area contributed by atoms with Gasteiger partial charge >= 0.3 is 12.0 Å². The topological polar surface area (TPSA) is 105 Å². The van der Waals surface area contributed by atoms with Gasteiger partial charge in [-0.25, -0.2) is 4.79 Å². The van der Waals surface area contributed by atoms with Gasteiger partial charge in [0, 0.05) is 25.1 Å². The highest BCUT2D eigenvalue weighted by molar-refractivity contribution is 6.09. The first kappa shape index (κ1) is 20.2. The molecule has 9 heteroatoms. The minimum absolute atomic E-state index is 0.239. The summed E-state index contributed by atoms with van der Waals surface area (Å²) >= 11 is 0. The van der Waals surface area contributed by atoms with Crippen molar-refractivity contribution in [2.45, 2.75) is 31.7 Å². The lowest BCUT2D eigenvalue weighted by atomic mass is 9.84. The van der Waals surface area contributed by atoms with Gasteiger partial charge in [0.1, 0.15) is 12.3 Å². The molecule has 4 rings (SSSR count). The van der Waals surface area contributed by atoms with Crippen LogP contribution in [0.3, 0.4) is 0 Å². The Balaban J connectivity index is 1.48. The monoisotopic (exact) mass is 415 g/mol. The second-order valence-electron chi connectivity index (χ2n) is 7.75. The molecule has 0 unspecified atom stereocenters. The van der Waals surface area contributed by atoms with E-state index in [0.717, 1.165) is 4.90 Å². The summed E-state index contributed by atoms with van der Waals surface area (Å²) < 4.78 is 10.7. The number of hydrogen-bond acceptors (Lipinski definition) is 6. The van der Waals surface area contributed by atoms with Crippen molar-refractivity contribution in [2.24, 2.45) is 5.92 Å². The maximum atomic E-state index is 13.3. The van der Waals surface area contributed by atoms with Crippen LogP contribution in [0.25, 0.3) is 0 Å². The summed E-state index contributed by atoms with van der Waals surface area (Å²) in [6.45, 7) is 2.69. The molecule has 1 aromatic rings. The number of benzene rings is 1. The lowest BCUT2D eigenvalue weighted by Gasteiger charge is -2.34. The number of imide groups is 1. The van der Waals surface area contributed by atoms with Gasteiger partial charge in [-0.1, -0.05) is 18.2 Å².